The van der Waals surface area contributed by atoms with Gasteiger partial charge in [0.2, 0.25) is 0 Å². The monoisotopic (exact) mass is 275 g/mol. The second-order valence-electron chi connectivity index (χ2n) is 5.12. The van der Waals surface area contributed by atoms with Gasteiger partial charge in [0.05, 0.1) is 12.1 Å². The summed E-state index contributed by atoms with van der Waals surface area (Å²) in [6.45, 7) is 5.31. The van der Waals surface area contributed by atoms with Crippen LogP contribution < -0.4 is 4.90 Å². The first-order valence-electron chi connectivity index (χ1n) is 6.02. The number of terminal acetylenes is 1. The van der Waals surface area contributed by atoms with Crippen LogP contribution in [-0.2, 0) is 4.74 Å². The number of nitrogens with zero attached hydrogens (tertiary/aromatic N) is 1. The molecular formula is C15H17NO4. The van der Waals surface area contributed by atoms with E-state index in [0.717, 1.165) is 0 Å². The molecular weight excluding hydrogens is 258 g/mol. The number of carbonyl (C=O) groups is 2. The van der Waals surface area contributed by atoms with E-state index < -0.39 is 17.7 Å². The molecule has 0 fully saturated rings. The van der Waals surface area contributed by atoms with Crippen molar-refractivity contribution in [1.82, 2.24) is 0 Å². The first-order chi connectivity index (χ1) is 9.24. The van der Waals surface area contributed by atoms with Crippen LogP contribution in [0.1, 0.15) is 31.1 Å². The molecule has 20 heavy (non-hydrogen) atoms. The second-order valence-corrected chi connectivity index (χ2v) is 5.12. The van der Waals surface area contributed by atoms with Crippen LogP contribution in [-0.4, -0.2) is 29.3 Å². The van der Waals surface area contributed by atoms with Gasteiger partial charge in [-0.05, 0) is 45.0 Å². The molecule has 0 saturated carbocycles. The van der Waals surface area contributed by atoms with Crippen molar-refractivity contribution in [2.75, 3.05) is 11.4 Å². The van der Waals surface area contributed by atoms with E-state index in [4.69, 9.17) is 16.3 Å². The zero-order valence-corrected chi connectivity index (χ0v) is 11.7. The molecule has 0 aliphatic rings. The number of hydrogen-bond acceptors (Lipinski definition) is 3. The minimum absolute atomic E-state index is 0.0430. The Hall–Kier alpha value is -2.48. The van der Waals surface area contributed by atoms with E-state index in [1.807, 2.05) is 0 Å². The maximum atomic E-state index is 12.1. The smallest absolute Gasteiger partial charge is 0.415 e. The molecule has 0 atom stereocenters. The zero-order valence-electron chi connectivity index (χ0n) is 11.7. The van der Waals surface area contributed by atoms with Gasteiger partial charge >= 0.3 is 12.1 Å². The van der Waals surface area contributed by atoms with Gasteiger partial charge in [-0.1, -0.05) is 5.92 Å². The van der Waals surface area contributed by atoms with E-state index in [-0.39, 0.29) is 12.1 Å². The van der Waals surface area contributed by atoms with Crippen molar-refractivity contribution >= 4 is 17.7 Å². The number of carboxylic acid groups (broad SMARTS) is 1. The van der Waals surface area contributed by atoms with Crippen LogP contribution in [0.2, 0.25) is 0 Å². The number of anilines is 1. The van der Waals surface area contributed by atoms with Crippen molar-refractivity contribution in [3.05, 3.63) is 29.8 Å². The van der Waals surface area contributed by atoms with Crippen molar-refractivity contribution in [3.63, 3.8) is 0 Å². The fourth-order valence-corrected chi connectivity index (χ4v) is 1.45. The molecule has 0 spiro atoms. The first kappa shape index (κ1) is 15.6. The minimum atomic E-state index is -1.03. The fraction of sp³-hybridized carbons (Fsp3) is 0.333. The molecule has 0 heterocycles. The average molecular weight is 275 g/mol. The van der Waals surface area contributed by atoms with Gasteiger partial charge in [-0.2, -0.15) is 0 Å². The third-order valence-electron chi connectivity index (χ3n) is 2.29. The predicted octanol–water partition coefficient (Wildman–Crippen LogP) is 2.76. The molecule has 1 N–H and O–H groups in total. The Morgan fingerprint density at radius 3 is 2.25 bits per heavy atom. The summed E-state index contributed by atoms with van der Waals surface area (Å²) in [4.78, 5) is 24.1. The van der Waals surface area contributed by atoms with Crippen LogP contribution >= 0.6 is 0 Å². The minimum Gasteiger partial charge on any atom is -0.478 e. The van der Waals surface area contributed by atoms with Crippen LogP contribution in [0, 0.1) is 12.3 Å². The number of hydrogen-bond donors (Lipinski definition) is 1. The van der Waals surface area contributed by atoms with Gasteiger partial charge < -0.3 is 9.84 Å². The highest BCUT2D eigenvalue weighted by Crippen LogP contribution is 2.18. The van der Waals surface area contributed by atoms with Crippen molar-refractivity contribution in [3.8, 4) is 12.3 Å². The molecule has 1 amide bonds. The van der Waals surface area contributed by atoms with Gasteiger partial charge in [0.1, 0.15) is 5.60 Å². The summed E-state index contributed by atoms with van der Waals surface area (Å²) in [7, 11) is 0. The largest absolute Gasteiger partial charge is 0.478 e. The van der Waals surface area contributed by atoms with Gasteiger partial charge in [-0.15, -0.1) is 6.42 Å². The van der Waals surface area contributed by atoms with Crippen molar-refractivity contribution in [1.29, 1.82) is 0 Å². The topological polar surface area (TPSA) is 66.8 Å². The lowest BCUT2D eigenvalue weighted by Gasteiger charge is -2.26. The van der Waals surface area contributed by atoms with Gasteiger partial charge in [0.15, 0.2) is 0 Å². The lowest BCUT2D eigenvalue weighted by molar-refractivity contribution is 0.0584. The summed E-state index contributed by atoms with van der Waals surface area (Å²) in [5.41, 5.74) is -0.00825. The lowest BCUT2D eigenvalue weighted by atomic mass is 10.2. The third-order valence-corrected chi connectivity index (χ3v) is 2.29. The van der Waals surface area contributed by atoms with Gasteiger partial charge in [-0.3, -0.25) is 4.90 Å². The zero-order chi connectivity index (χ0) is 15.3. The summed E-state index contributed by atoms with van der Waals surface area (Å²) in [6, 6.07) is 5.85. The van der Waals surface area contributed by atoms with Crippen LogP contribution in [0.25, 0.3) is 0 Å². The molecule has 1 aromatic carbocycles. The SMILES string of the molecule is C#CCN(C(=O)OC(C)(C)C)c1ccc(C(=O)O)cc1. The van der Waals surface area contributed by atoms with E-state index in [0.29, 0.717) is 5.69 Å². The van der Waals surface area contributed by atoms with E-state index in [1.165, 1.54) is 29.2 Å². The highest BCUT2D eigenvalue weighted by Gasteiger charge is 2.22. The molecule has 106 valence electrons. The Balaban J connectivity index is 2.99. The van der Waals surface area contributed by atoms with Gasteiger partial charge in [-0.25, -0.2) is 9.59 Å². The number of carbonyl (C=O) groups excluding carboxylic acids is 1. The molecule has 1 aromatic rings. The van der Waals surface area contributed by atoms with Crippen LogP contribution in [0.15, 0.2) is 24.3 Å². The van der Waals surface area contributed by atoms with Crippen LogP contribution in [0.3, 0.4) is 0 Å². The van der Waals surface area contributed by atoms with E-state index in [1.54, 1.807) is 20.8 Å². The Morgan fingerprint density at radius 2 is 1.85 bits per heavy atom. The van der Waals surface area contributed by atoms with E-state index in [9.17, 15) is 9.59 Å². The molecule has 0 aliphatic carbocycles. The summed E-state index contributed by atoms with van der Waals surface area (Å²) < 4.78 is 5.26. The fourth-order valence-electron chi connectivity index (χ4n) is 1.45. The third kappa shape index (κ3) is 4.32. The van der Waals surface area contributed by atoms with Crippen LogP contribution in [0.5, 0.6) is 0 Å². The number of ether oxygens (including phenoxy) is 1. The first-order valence-corrected chi connectivity index (χ1v) is 6.02. The maximum absolute atomic E-state index is 12.1. The van der Waals surface area contributed by atoms with E-state index >= 15 is 0 Å². The predicted molar refractivity (Wildman–Crippen MR) is 75.8 cm³/mol. The maximum Gasteiger partial charge on any atom is 0.415 e. The van der Waals surface area contributed by atoms with Gasteiger partial charge in [0.25, 0.3) is 0 Å². The lowest BCUT2D eigenvalue weighted by Crippen LogP contribution is -2.37. The number of benzene rings is 1. The standard InChI is InChI=1S/C15H17NO4/c1-5-10-16(14(19)20-15(2,3)4)12-8-6-11(7-9-12)13(17)18/h1,6-9H,10H2,2-4H3,(H,17,18). The van der Waals surface area contributed by atoms with Gasteiger partial charge in [0, 0.05) is 5.69 Å². The quantitative estimate of drug-likeness (QED) is 0.861. The Bertz CT molecular complexity index is 534. The molecule has 0 unspecified atom stereocenters. The molecule has 0 bridgehead atoms. The molecule has 5 nitrogen and oxygen atoms in total. The summed E-state index contributed by atoms with van der Waals surface area (Å²) >= 11 is 0. The highest BCUT2D eigenvalue weighted by atomic mass is 16.6. The number of carboxylic acids is 1. The molecule has 1 rings (SSSR count). The summed E-state index contributed by atoms with van der Waals surface area (Å²) in [5.74, 6) is 1.35. The Labute approximate surface area is 118 Å². The van der Waals surface area contributed by atoms with Crippen molar-refractivity contribution in [2.45, 2.75) is 26.4 Å². The van der Waals surface area contributed by atoms with E-state index in [2.05, 4.69) is 5.92 Å². The molecule has 0 radical (unpaired) electrons. The average Bonchev–Trinajstić information content (AvgIpc) is 2.34. The molecule has 0 saturated heterocycles. The Morgan fingerprint density at radius 1 is 1.30 bits per heavy atom. The molecule has 0 aliphatic heterocycles. The van der Waals surface area contributed by atoms with Crippen molar-refractivity contribution < 1.29 is 19.4 Å². The number of rotatable bonds is 3. The molecule has 5 heteroatoms. The highest BCUT2D eigenvalue weighted by molar-refractivity contribution is 5.91. The van der Waals surface area contributed by atoms with Crippen LogP contribution in [0.4, 0.5) is 10.5 Å². The second kappa shape index (κ2) is 6.11. The number of aromatic carboxylic acids is 1. The normalized spacial score (nSPS) is 10.5. The number of amides is 1. The Kier molecular flexibility index (Phi) is 4.76. The molecule has 0 aromatic heterocycles. The summed E-state index contributed by atoms with van der Waals surface area (Å²) in [6.07, 6.45) is 4.68. The van der Waals surface area contributed by atoms with Crippen molar-refractivity contribution in [2.24, 2.45) is 0 Å². The summed E-state index contributed by atoms with van der Waals surface area (Å²) in [5, 5.41) is 8.84.